The Morgan fingerprint density at radius 2 is 2.00 bits per heavy atom. The monoisotopic (exact) mass is 282 g/mol. The molecule has 0 saturated carbocycles. The summed E-state index contributed by atoms with van der Waals surface area (Å²) in [6.45, 7) is 3.53. The highest BCUT2D eigenvalue weighted by molar-refractivity contribution is 5.93. The van der Waals surface area contributed by atoms with E-state index in [0.29, 0.717) is 18.0 Å². The van der Waals surface area contributed by atoms with Gasteiger partial charge in [0.05, 0.1) is 18.4 Å². The number of aliphatic hydroxyl groups excluding tert-OH is 1. The lowest BCUT2D eigenvalue weighted by atomic mass is 10.2. The molecule has 0 bridgehead atoms. The summed E-state index contributed by atoms with van der Waals surface area (Å²) in [5.74, 6) is -0.831. The lowest BCUT2D eigenvalue weighted by Gasteiger charge is -2.18. The molecule has 7 heteroatoms. The number of hydrogen-bond donors (Lipinski definition) is 4. The van der Waals surface area contributed by atoms with Gasteiger partial charge in [-0.2, -0.15) is 0 Å². The molecule has 1 aromatic rings. The zero-order chi connectivity index (χ0) is 15.1. The average molecular weight is 282 g/mol. The second kappa shape index (κ2) is 7.34. The second-order valence-electron chi connectivity index (χ2n) is 4.08. The molecular formula is C13H18N2O5. The fraction of sp³-hybridized carbons (Fsp3) is 0.385. The minimum absolute atomic E-state index is 0.418. The van der Waals surface area contributed by atoms with Crippen molar-refractivity contribution in [3.05, 3.63) is 24.3 Å². The number of aliphatic hydroxyl groups is 1. The smallest absolute Gasteiger partial charge is 0.328 e. The largest absolute Gasteiger partial charge is 0.492 e. The summed E-state index contributed by atoms with van der Waals surface area (Å²) in [7, 11) is 0. The Morgan fingerprint density at radius 3 is 2.55 bits per heavy atom. The van der Waals surface area contributed by atoms with Crippen molar-refractivity contribution in [2.75, 3.05) is 11.9 Å². The highest BCUT2D eigenvalue weighted by atomic mass is 16.5. The van der Waals surface area contributed by atoms with Crippen LogP contribution in [0.25, 0.3) is 0 Å². The van der Waals surface area contributed by atoms with Gasteiger partial charge in [0.15, 0.2) is 6.04 Å². The van der Waals surface area contributed by atoms with Crippen LogP contribution < -0.4 is 15.4 Å². The first kappa shape index (κ1) is 15.8. The third kappa shape index (κ3) is 4.43. The minimum atomic E-state index is -1.38. The molecule has 4 N–H and O–H groups in total. The van der Waals surface area contributed by atoms with Crippen molar-refractivity contribution in [2.45, 2.75) is 26.0 Å². The van der Waals surface area contributed by atoms with Crippen LogP contribution in [0.2, 0.25) is 0 Å². The van der Waals surface area contributed by atoms with Gasteiger partial charge in [-0.05, 0) is 26.0 Å². The maximum absolute atomic E-state index is 11.7. The topological polar surface area (TPSA) is 108 Å². The van der Waals surface area contributed by atoms with Crippen molar-refractivity contribution in [3.8, 4) is 5.75 Å². The molecule has 1 aromatic carbocycles. The zero-order valence-electron chi connectivity index (χ0n) is 11.3. The van der Waals surface area contributed by atoms with E-state index in [1.807, 2.05) is 6.92 Å². The van der Waals surface area contributed by atoms with Crippen molar-refractivity contribution in [1.82, 2.24) is 5.32 Å². The number of para-hydroxylation sites is 2. The molecule has 0 radical (unpaired) electrons. The second-order valence-corrected chi connectivity index (χ2v) is 4.08. The van der Waals surface area contributed by atoms with Gasteiger partial charge in [0.1, 0.15) is 5.75 Å². The molecule has 0 fully saturated rings. The molecule has 0 heterocycles. The van der Waals surface area contributed by atoms with Crippen molar-refractivity contribution >= 4 is 17.7 Å². The van der Waals surface area contributed by atoms with Crippen molar-refractivity contribution in [1.29, 1.82) is 0 Å². The molecular weight excluding hydrogens is 264 g/mol. The minimum Gasteiger partial charge on any atom is -0.492 e. The standard InChI is InChI=1S/C13H18N2O5/c1-3-20-10-7-5-4-6-9(10)14-13(19)15-11(8(2)16)12(17)18/h4-8,11,16H,3H2,1-2H3,(H,17,18)(H2,14,15,19). The number of urea groups is 1. The fourth-order valence-electron chi connectivity index (χ4n) is 1.54. The van der Waals surface area contributed by atoms with Crippen LogP contribution in [0.4, 0.5) is 10.5 Å². The summed E-state index contributed by atoms with van der Waals surface area (Å²) in [6.07, 6.45) is -1.21. The molecule has 2 amide bonds. The highest BCUT2D eigenvalue weighted by Gasteiger charge is 2.25. The van der Waals surface area contributed by atoms with Gasteiger partial charge in [0.25, 0.3) is 0 Å². The molecule has 0 aliphatic rings. The van der Waals surface area contributed by atoms with Gasteiger partial charge in [0.2, 0.25) is 0 Å². The van der Waals surface area contributed by atoms with Crippen molar-refractivity contribution < 1.29 is 24.5 Å². The van der Waals surface area contributed by atoms with E-state index in [0.717, 1.165) is 0 Å². The van der Waals surface area contributed by atoms with E-state index in [9.17, 15) is 14.7 Å². The molecule has 0 aliphatic heterocycles. The van der Waals surface area contributed by atoms with Crippen molar-refractivity contribution in [2.24, 2.45) is 0 Å². The summed E-state index contributed by atoms with van der Waals surface area (Å²) in [5, 5.41) is 22.8. The first-order valence-electron chi connectivity index (χ1n) is 6.16. The molecule has 7 nitrogen and oxygen atoms in total. The molecule has 110 valence electrons. The Labute approximate surface area is 116 Å². The van der Waals surface area contributed by atoms with Gasteiger partial charge < -0.3 is 25.6 Å². The fourth-order valence-corrected chi connectivity index (χ4v) is 1.54. The number of aliphatic carboxylic acids is 1. The van der Waals surface area contributed by atoms with Gasteiger partial charge in [-0.15, -0.1) is 0 Å². The number of carboxylic acids is 1. The Hall–Kier alpha value is -2.28. The first-order valence-corrected chi connectivity index (χ1v) is 6.16. The van der Waals surface area contributed by atoms with E-state index in [1.165, 1.54) is 6.92 Å². The number of ether oxygens (including phenoxy) is 1. The number of amides is 2. The number of benzene rings is 1. The van der Waals surface area contributed by atoms with Crippen LogP contribution in [-0.4, -0.2) is 41.0 Å². The van der Waals surface area contributed by atoms with E-state index < -0.39 is 24.1 Å². The van der Waals surface area contributed by atoms with Gasteiger partial charge in [0, 0.05) is 0 Å². The predicted molar refractivity (Wildman–Crippen MR) is 72.9 cm³/mol. The molecule has 20 heavy (non-hydrogen) atoms. The lowest BCUT2D eigenvalue weighted by Crippen LogP contribution is -2.49. The molecule has 0 spiro atoms. The molecule has 1 rings (SSSR count). The third-order valence-corrected chi connectivity index (χ3v) is 2.47. The number of rotatable bonds is 6. The predicted octanol–water partition coefficient (Wildman–Crippen LogP) is 1.04. The summed E-state index contributed by atoms with van der Waals surface area (Å²) in [6, 6.07) is 4.66. The Balaban J connectivity index is 2.73. The van der Waals surface area contributed by atoms with E-state index in [2.05, 4.69) is 10.6 Å². The van der Waals surface area contributed by atoms with Crippen LogP contribution in [0.3, 0.4) is 0 Å². The number of nitrogens with one attached hydrogen (secondary N) is 2. The van der Waals surface area contributed by atoms with E-state index >= 15 is 0 Å². The zero-order valence-corrected chi connectivity index (χ0v) is 11.3. The maximum Gasteiger partial charge on any atom is 0.328 e. The van der Waals surface area contributed by atoms with Crippen LogP contribution in [0.5, 0.6) is 5.75 Å². The van der Waals surface area contributed by atoms with Crippen LogP contribution in [-0.2, 0) is 4.79 Å². The van der Waals surface area contributed by atoms with Crippen molar-refractivity contribution in [3.63, 3.8) is 0 Å². The molecule has 0 aromatic heterocycles. The van der Waals surface area contributed by atoms with Gasteiger partial charge in [-0.25, -0.2) is 9.59 Å². The number of carbonyl (C=O) groups is 2. The normalized spacial score (nSPS) is 13.2. The molecule has 2 atom stereocenters. The van der Waals surface area contributed by atoms with E-state index in [1.54, 1.807) is 24.3 Å². The summed E-state index contributed by atoms with van der Waals surface area (Å²) < 4.78 is 5.33. The van der Waals surface area contributed by atoms with Crippen LogP contribution in [0, 0.1) is 0 Å². The van der Waals surface area contributed by atoms with Gasteiger partial charge >= 0.3 is 12.0 Å². The molecule has 0 aliphatic carbocycles. The lowest BCUT2D eigenvalue weighted by molar-refractivity contribution is -0.141. The highest BCUT2D eigenvalue weighted by Crippen LogP contribution is 2.23. The number of carboxylic acid groups (broad SMARTS) is 1. The molecule has 2 unspecified atom stereocenters. The SMILES string of the molecule is CCOc1ccccc1NC(=O)NC(C(=O)O)C(C)O. The average Bonchev–Trinajstić information content (AvgIpc) is 2.38. The summed E-state index contributed by atoms with van der Waals surface area (Å²) in [4.78, 5) is 22.6. The Bertz CT molecular complexity index is 476. The van der Waals surface area contributed by atoms with Gasteiger partial charge in [-0.1, -0.05) is 12.1 Å². The quantitative estimate of drug-likeness (QED) is 0.623. The first-order chi connectivity index (χ1) is 9.45. The Kier molecular flexibility index (Phi) is 5.79. The number of hydrogen-bond acceptors (Lipinski definition) is 4. The summed E-state index contributed by atoms with van der Waals surface area (Å²) in [5.41, 5.74) is 0.418. The number of carbonyl (C=O) groups excluding carboxylic acids is 1. The van der Waals surface area contributed by atoms with Crippen LogP contribution >= 0.6 is 0 Å². The van der Waals surface area contributed by atoms with E-state index in [-0.39, 0.29) is 0 Å². The van der Waals surface area contributed by atoms with E-state index in [4.69, 9.17) is 9.84 Å². The van der Waals surface area contributed by atoms with Crippen LogP contribution in [0.1, 0.15) is 13.8 Å². The molecule has 0 saturated heterocycles. The summed E-state index contributed by atoms with van der Waals surface area (Å²) >= 11 is 0. The number of anilines is 1. The third-order valence-electron chi connectivity index (χ3n) is 2.47. The maximum atomic E-state index is 11.7. The Morgan fingerprint density at radius 1 is 1.35 bits per heavy atom. The van der Waals surface area contributed by atoms with Gasteiger partial charge in [-0.3, -0.25) is 0 Å². The van der Waals surface area contributed by atoms with Crippen LogP contribution in [0.15, 0.2) is 24.3 Å².